The van der Waals surface area contributed by atoms with E-state index in [1.54, 1.807) is 0 Å². The van der Waals surface area contributed by atoms with E-state index in [4.69, 9.17) is 0 Å². The number of fused-ring (bicyclic) bond motifs is 1. The van der Waals surface area contributed by atoms with Crippen molar-refractivity contribution in [2.24, 2.45) is 0 Å². The van der Waals surface area contributed by atoms with Crippen LogP contribution in [0.1, 0.15) is 43.9 Å². The fraction of sp³-hybridized carbons (Fsp3) is 0.333. The monoisotopic (exact) mass is 329 g/mol. The van der Waals surface area contributed by atoms with E-state index >= 15 is 0 Å². The van der Waals surface area contributed by atoms with Gasteiger partial charge in [-0.3, -0.25) is 0 Å². The molecule has 0 spiro atoms. The van der Waals surface area contributed by atoms with E-state index in [9.17, 15) is 0 Å². The van der Waals surface area contributed by atoms with Gasteiger partial charge in [-0.25, -0.2) is 0 Å². The van der Waals surface area contributed by atoms with Gasteiger partial charge in [-0.05, 0) is 47.6 Å². The van der Waals surface area contributed by atoms with Crippen molar-refractivity contribution in [3.63, 3.8) is 0 Å². The van der Waals surface area contributed by atoms with Crippen LogP contribution in [-0.2, 0) is 5.41 Å². The van der Waals surface area contributed by atoms with Gasteiger partial charge in [0.25, 0.3) is 0 Å². The second-order valence-electron chi connectivity index (χ2n) is 6.22. The molecule has 0 aliphatic heterocycles. The van der Waals surface area contributed by atoms with E-state index in [2.05, 4.69) is 83.6 Å². The molecule has 0 saturated heterocycles. The lowest BCUT2D eigenvalue weighted by atomic mass is 9.71. The lowest BCUT2D eigenvalue weighted by molar-refractivity contribution is 0.406. The summed E-state index contributed by atoms with van der Waals surface area (Å²) in [7, 11) is 0. The molecule has 1 atom stereocenters. The molecule has 1 nitrogen and oxygen atoms in total. The average molecular weight is 330 g/mol. The fourth-order valence-electron chi connectivity index (χ4n) is 3.14. The second-order valence-corrected chi connectivity index (χ2v) is 7.13. The lowest BCUT2D eigenvalue weighted by Gasteiger charge is -2.37. The molecule has 2 heteroatoms. The van der Waals surface area contributed by atoms with Gasteiger partial charge >= 0.3 is 0 Å². The van der Waals surface area contributed by atoms with E-state index in [0.717, 1.165) is 4.47 Å². The van der Waals surface area contributed by atoms with Crippen molar-refractivity contribution < 1.29 is 0 Å². The summed E-state index contributed by atoms with van der Waals surface area (Å²) in [6.45, 7) is 4.70. The molecule has 0 radical (unpaired) electrons. The normalized spacial score (nSPS) is 20.2. The molecule has 1 N–H and O–H groups in total. The number of hydrogen-bond acceptors (Lipinski definition) is 1. The predicted molar refractivity (Wildman–Crippen MR) is 89.2 cm³/mol. The third-order valence-electron chi connectivity index (χ3n) is 4.29. The molecule has 0 saturated carbocycles. The minimum Gasteiger partial charge on any atom is -0.378 e. The van der Waals surface area contributed by atoms with E-state index < -0.39 is 0 Å². The maximum absolute atomic E-state index is 3.69. The zero-order chi connectivity index (χ0) is 14.2. The molecule has 2 aromatic carbocycles. The number of benzene rings is 2. The van der Waals surface area contributed by atoms with Crippen LogP contribution in [0.15, 0.2) is 53.0 Å². The van der Waals surface area contributed by atoms with Crippen molar-refractivity contribution in [3.8, 4) is 0 Å². The lowest BCUT2D eigenvalue weighted by Crippen LogP contribution is -2.29. The molecular formula is C18H20BrN. The number of nitrogens with one attached hydrogen (secondary N) is 1. The molecule has 1 aliphatic rings. The number of halogens is 1. The third kappa shape index (κ3) is 2.62. The van der Waals surface area contributed by atoms with Gasteiger partial charge in [0.05, 0.1) is 6.04 Å². The van der Waals surface area contributed by atoms with Gasteiger partial charge in [0.1, 0.15) is 0 Å². The van der Waals surface area contributed by atoms with Crippen LogP contribution in [0.4, 0.5) is 5.69 Å². The van der Waals surface area contributed by atoms with Crippen molar-refractivity contribution >= 4 is 21.6 Å². The smallest absolute Gasteiger partial charge is 0.0517 e. The van der Waals surface area contributed by atoms with E-state index in [1.165, 1.54) is 29.7 Å². The topological polar surface area (TPSA) is 12.0 Å². The summed E-state index contributed by atoms with van der Waals surface area (Å²) in [4.78, 5) is 0. The summed E-state index contributed by atoms with van der Waals surface area (Å²) in [5.74, 6) is 0. The Morgan fingerprint density at radius 2 is 1.90 bits per heavy atom. The maximum Gasteiger partial charge on any atom is 0.0517 e. The standard InChI is InChI=1S/C18H20BrN/c1-18(2)11-10-17(15-8-3-4-9-16(15)18)20-14-7-5-6-13(19)12-14/h3-9,12,17,20H,10-11H2,1-2H3. The van der Waals surface area contributed by atoms with Crippen LogP contribution in [0.5, 0.6) is 0 Å². The van der Waals surface area contributed by atoms with E-state index in [1.807, 2.05) is 0 Å². The van der Waals surface area contributed by atoms with Gasteiger partial charge in [0.2, 0.25) is 0 Å². The van der Waals surface area contributed by atoms with Gasteiger partial charge in [0.15, 0.2) is 0 Å². The Morgan fingerprint density at radius 1 is 1.10 bits per heavy atom. The molecule has 1 aliphatic carbocycles. The van der Waals surface area contributed by atoms with Gasteiger partial charge in [-0.2, -0.15) is 0 Å². The van der Waals surface area contributed by atoms with Crippen molar-refractivity contribution in [1.29, 1.82) is 0 Å². The third-order valence-corrected chi connectivity index (χ3v) is 4.78. The van der Waals surface area contributed by atoms with Crippen LogP contribution < -0.4 is 5.32 Å². The summed E-state index contributed by atoms with van der Waals surface area (Å²) < 4.78 is 1.12. The largest absolute Gasteiger partial charge is 0.378 e. The van der Waals surface area contributed by atoms with Gasteiger partial charge in [-0.15, -0.1) is 0 Å². The van der Waals surface area contributed by atoms with Gasteiger partial charge in [0, 0.05) is 10.2 Å². The Kier molecular flexibility index (Phi) is 3.59. The Balaban J connectivity index is 1.92. The Morgan fingerprint density at radius 3 is 2.70 bits per heavy atom. The van der Waals surface area contributed by atoms with Crippen molar-refractivity contribution in [3.05, 3.63) is 64.1 Å². The maximum atomic E-state index is 3.69. The summed E-state index contributed by atoms with van der Waals surface area (Å²) in [5, 5.41) is 3.69. The molecule has 2 aromatic rings. The summed E-state index contributed by atoms with van der Waals surface area (Å²) in [5.41, 5.74) is 4.40. The molecule has 0 aromatic heterocycles. The van der Waals surface area contributed by atoms with Gasteiger partial charge < -0.3 is 5.32 Å². The molecule has 0 amide bonds. The first-order valence-corrected chi connectivity index (χ1v) is 7.97. The first kappa shape index (κ1) is 13.7. The second kappa shape index (κ2) is 5.25. The molecule has 20 heavy (non-hydrogen) atoms. The quantitative estimate of drug-likeness (QED) is 0.748. The zero-order valence-electron chi connectivity index (χ0n) is 12.0. The van der Waals surface area contributed by atoms with E-state index in [-0.39, 0.29) is 5.41 Å². The highest BCUT2D eigenvalue weighted by Crippen LogP contribution is 2.42. The molecule has 3 rings (SSSR count). The van der Waals surface area contributed by atoms with Crippen LogP contribution >= 0.6 is 15.9 Å². The first-order valence-electron chi connectivity index (χ1n) is 7.18. The highest BCUT2D eigenvalue weighted by molar-refractivity contribution is 9.10. The minimum absolute atomic E-state index is 0.284. The molecule has 104 valence electrons. The molecule has 0 bridgehead atoms. The molecule has 0 fully saturated rings. The Hall–Kier alpha value is -1.28. The van der Waals surface area contributed by atoms with Crippen molar-refractivity contribution in [2.75, 3.05) is 5.32 Å². The highest BCUT2D eigenvalue weighted by atomic mass is 79.9. The number of hydrogen-bond donors (Lipinski definition) is 1. The van der Waals surface area contributed by atoms with Gasteiger partial charge in [-0.1, -0.05) is 60.1 Å². The van der Waals surface area contributed by atoms with Crippen LogP contribution in [0.2, 0.25) is 0 Å². The number of rotatable bonds is 2. The SMILES string of the molecule is CC1(C)CCC(Nc2cccc(Br)c2)c2ccccc21. The molecule has 1 unspecified atom stereocenters. The van der Waals surface area contributed by atoms with Crippen LogP contribution in [0.3, 0.4) is 0 Å². The summed E-state index contributed by atoms with van der Waals surface area (Å²) in [6, 6.07) is 17.7. The summed E-state index contributed by atoms with van der Waals surface area (Å²) in [6.07, 6.45) is 2.40. The van der Waals surface area contributed by atoms with Crippen molar-refractivity contribution in [1.82, 2.24) is 0 Å². The highest BCUT2D eigenvalue weighted by Gasteiger charge is 2.32. The van der Waals surface area contributed by atoms with Crippen LogP contribution in [0, 0.1) is 0 Å². The van der Waals surface area contributed by atoms with Crippen LogP contribution in [-0.4, -0.2) is 0 Å². The van der Waals surface area contributed by atoms with E-state index in [0.29, 0.717) is 6.04 Å². The first-order chi connectivity index (χ1) is 9.56. The minimum atomic E-state index is 0.284. The Bertz CT molecular complexity index is 618. The zero-order valence-corrected chi connectivity index (χ0v) is 13.6. The Labute approximate surface area is 129 Å². The van der Waals surface area contributed by atoms with Crippen LogP contribution in [0.25, 0.3) is 0 Å². The molecular weight excluding hydrogens is 310 g/mol. The number of anilines is 1. The molecule has 0 heterocycles. The van der Waals surface area contributed by atoms with Crippen molar-refractivity contribution in [2.45, 2.75) is 38.1 Å². The summed E-state index contributed by atoms with van der Waals surface area (Å²) >= 11 is 3.54. The average Bonchev–Trinajstić information content (AvgIpc) is 2.43. The fourth-order valence-corrected chi connectivity index (χ4v) is 3.54. The predicted octanol–water partition coefficient (Wildman–Crippen LogP) is 5.67.